The third-order valence-electron chi connectivity index (χ3n) is 5.23. The van der Waals surface area contributed by atoms with Crippen LogP contribution in [0.1, 0.15) is 23.1 Å². The first-order valence-electron chi connectivity index (χ1n) is 10.5. The number of hydrogen-bond acceptors (Lipinski definition) is 5. The fraction of sp³-hybridized carbons (Fsp3) is 0.417. The number of methoxy groups -OCH3 is 1. The van der Waals surface area contributed by atoms with E-state index in [4.69, 9.17) is 9.47 Å². The summed E-state index contributed by atoms with van der Waals surface area (Å²) in [7, 11) is 1.64. The van der Waals surface area contributed by atoms with Crippen LogP contribution in [0.4, 0.5) is 0 Å². The van der Waals surface area contributed by atoms with Crippen LogP contribution in [0.25, 0.3) is 6.08 Å². The van der Waals surface area contributed by atoms with E-state index in [0.717, 1.165) is 61.7 Å². The van der Waals surface area contributed by atoms with Crippen molar-refractivity contribution in [2.45, 2.75) is 19.9 Å². The number of carbonyl (C=O) groups is 1. The van der Waals surface area contributed by atoms with Gasteiger partial charge in [0.1, 0.15) is 5.75 Å². The Balaban J connectivity index is 1.66. The normalized spacial score (nSPS) is 14.7. The number of aryl methyl sites for hydroxylation is 1. The van der Waals surface area contributed by atoms with Crippen LogP contribution in [-0.4, -0.2) is 67.2 Å². The third kappa shape index (κ3) is 6.68. The van der Waals surface area contributed by atoms with Crippen LogP contribution in [0.15, 0.2) is 48.8 Å². The number of carbonyl (C=O) groups excluding carboxylic acids is 1. The van der Waals surface area contributed by atoms with E-state index in [-0.39, 0.29) is 5.91 Å². The molecule has 1 aliphatic rings. The first kappa shape index (κ1) is 22.0. The van der Waals surface area contributed by atoms with E-state index in [2.05, 4.69) is 9.88 Å². The van der Waals surface area contributed by atoms with Gasteiger partial charge in [-0.05, 0) is 49.2 Å². The second-order valence-electron chi connectivity index (χ2n) is 7.50. The summed E-state index contributed by atoms with van der Waals surface area (Å²) in [6.07, 6.45) is 7.94. The molecule has 6 nitrogen and oxygen atoms in total. The Kier molecular flexibility index (Phi) is 8.41. The Hall–Kier alpha value is -2.70. The first-order chi connectivity index (χ1) is 14.7. The van der Waals surface area contributed by atoms with Crippen molar-refractivity contribution in [1.82, 2.24) is 14.8 Å². The van der Waals surface area contributed by atoms with Gasteiger partial charge < -0.3 is 14.4 Å². The van der Waals surface area contributed by atoms with E-state index < -0.39 is 0 Å². The summed E-state index contributed by atoms with van der Waals surface area (Å²) >= 11 is 0. The van der Waals surface area contributed by atoms with Crippen molar-refractivity contribution in [3.8, 4) is 5.75 Å². The fourth-order valence-electron chi connectivity index (χ4n) is 3.54. The van der Waals surface area contributed by atoms with E-state index in [1.807, 2.05) is 48.2 Å². The number of morpholine rings is 1. The molecule has 30 heavy (non-hydrogen) atoms. The minimum absolute atomic E-state index is 0.00245. The number of hydrogen-bond donors (Lipinski definition) is 0. The summed E-state index contributed by atoms with van der Waals surface area (Å²) in [5.41, 5.74) is 3.11. The Morgan fingerprint density at radius 2 is 2.00 bits per heavy atom. The Morgan fingerprint density at radius 3 is 2.73 bits per heavy atom. The topological polar surface area (TPSA) is 54.9 Å². The molecule has 6 heteroatoms. The van der Waals surface area contributed by atoms with Gasteiger partial charge in [-0.1, -0.05) is 11.6 Å². The number of ether oxygens (including phenoxy) is 2. The molecule has 1 aromatic carbocycles. The number of pyridine rings is 1. The summed E-state index contributed by atoms with van der Waals surface area (Å²) in [4.78, 5) is 21.4. The lowest BCUT2D eigenvalue weighted by atomic mass is 10.1. The van der Waals surface area contributed by atoms with Crippen molar-refractivity contribution in [3.63, 3.8) is 0 Å². The quantitative estimate of drug-likeness (QED) is 0.596. The highest BCUT2D eigenvalue weighted by atomic mass is 16.5. The molecule has 2 aromatic rings. The van der Waals surface area contributed by atoms with E-state index >= 15 is 0 Å². The molecule has 0 radical (unpaired) electrons. The van der Waals surface area contributed by atoms with Crippen molar-refractivity contribution in [2.24, 2.45) is 0 Å². The zero-order valence-electron chi connectivity index (χ0n) is 17.9. The van der Waals surface area contributed by atoms with Gasteiger partial charge >= 0.3 is 0 Å². The molecule has 1 aromatic heterocycles. The molecule has 0 bridgehead atoms. The highest BCUT2D eigenvalue weighted by molar-refractivity contribution is 5.92. The van der Waals surface area contributed by atoms with Crippen LogP contribution in [0.5, 0.6) is 5.75 Å². The van der Waals surface area contributed by atoms with Gasteiger partial charge in [0.25, 0.3) is 0 Å². The van der Waals surface area contributed by atoms with Crippen LogP contribution in [0.2, 0.25) is 0 Å². The SMILES string of the molecule is COc1ccc(C)cc1/C=C/C(=O)N(CCCN1CCOCC1)Cc1ccncc1. The van der Waals surface area contributed by atoms with Gasteiger partial charge in [-0.15, -0.1) is 0 Å². The summed E-state index contributed by atoms with van der Waals surface area (Å²) < 4.78 is 10.8. The molecule has 1 aliphatic heterocycles. The maximum Gasteiger partial charge on any atom is 0.246 e. The summed E-state index contributed by atoms with van der Waals surface area (Å²) in [5.74, 6) is 0.759. The van der Waals surface area contributed by atoms with E-state index in [0.29, 0.717) is 13.1 Å². The fourth-order valence-corrected chi connectivity index (χ4v) is 3.54. The van der Waals surface area contributed by atoms with Crippen molar-refractivity contribution >= 4 is 12.0 Å². The molecule has 1 fully saturated rings. The molecule has 0 atom stereocenters. The van der Waals surface area contributed by atoms with Crippen LogP contribution >= 0.6 is 0 Å². The van der Waals surface area contributed by atoms with E-state index in [1.165, 1.54) is 0 Å². The van der Waals surface area contributed by atoms with E-state index in [1.54, 1.807) is 25.6 Å². The maximum atomic E-state index is 13.0. The molecule has 0 spiro atoms. The largest absolute Gasteiger partial charge is 0.496 e. The average molecular weight is 410 g/mol. The molecular formula is C24H31N3O3. The zero-order chi connectivity index (χ0) is 21.2. The average Bonchev–Trinajstić information content (AvgIpc) is 2.78. The van der Waals surface area contributed by atoms with Crippen LogP contribution in [0.3, 0.4) is 0 Å². The summed E-state index contributed by atoms with van der Waals surface area (Å²) in [6, 6.07) is 9.86. The molecular weight excluding hydrogens is 378 g/mol. The van der Waals surface area contributed by atoms with Gasteiger partial charge in [0.05, 0.1) is 20.3 Å². The second kappa shape index (κ2) is 11.5. The highest BCUT2D eigenvalue weighted by Crippen LogP contribution is 2.21. The Labute approximate surface area is 179 Å². The molecule has 0 unspecified atom stereocenters. The molecule has 2 heterocycles. The Bertz CT molecular complexity index is 833. The lowest BCUT2D eigenvalue weighted by Gasteiger charge is -2.28. The molecule has 1 amide bonds. The van der Waals surface area contributed by atoms with Crippen molar-refractivity contribution in [3.05, 3.63) is 65.5 Å². The summed E-state index contributed by atoms with van der Waals surface area (Å²) in [6.45, 7) is 7.78. The lowest BCUT2D eigenvalue weighted by Crippen LogP contribution is -2.38. The number of benzene rings is 1. The Morgan fingerprint density at radius 1 is 1.23 bits per heavy atom. The third-order valence-corrected chi connectivity index (χ3v) is 5.23. The van der Waals surface area contributed by atoms with Gasteiger partial charge in [0.2, 0.25) is 5.91 Å². The van der Waals surface area contributed by atoms with Gasteiger partial charge in [-0.25, -0.2) is 0 Å². The molecule has 160 valence electrons. The minimum atomic E-state index is -0.00245. The van der Waals surface area contributed by atoms with Gasteiger partial charge in [0, 0.05) is 56.8 Å². The van der Waals surface area contributed by atoms with Crippen molar-refractivity contribution < 1.29 is 14.3 Å². The molecule has 0 saturated carbocycles. The number of amides is 1. The van der Waals surface area contributed by atoms with Crippen molar-refractivity contribution in [1.29, 1.82) is 0 Å². The lowest BCUT2D eigenvalue weighted by molar-refractivity contribution is -0.126. The number of nitrogens with zero attached hydrogens (tertiary/aromatic N) is 3. The molecule has 0 aliphatic carbocycles. The van der Waals surface area contributed by atoms with Crippen molar-refractivity contribution in [2.75, 3.05) is 46.5 Å². The number of aromatic nitrogens is 1. The minimum Gasteiger partial charge on any atom is -0.496 e. The van der Waals surface area contributed by atoms with Crippen LogP contribution < -0.4 is 4.74 Å². The predicted molar refractivity (Wildman–Crippen MR) is 118 cm³/mol. The van der Waals surface area contributed by atoms with E-state index in [9.17, 15) is 4.79 Å². The smallest absolute Gasteiger partial charge is 0.246 e. The van der Waals surface area contributed by atoms with Crippen LogP contribution in [0, 0.1) is 6.92 Å². The van der Waals surface area contributed by atoms with Crippen LogP contribution in [-0.2, 0) is 16.1 Å². The molecule has 3 rings (SSSR count). The predicted octanol–water partition coefficient (Wildman–Crippen LogP) is 3.16. The number of rotatable bonds is 9. The zero-order valence-corrected chi connectivity index (χ0v) is 17.9. The first-order valence-corrected chi connectivity index (χ1v) is 10.5. The monoisotopic (exact) mass is 409 g/mol. The molecule has 0 N–H and O–H groups in total. The maximum absolute atomic E-state index is 13.0. The highest BCUT2D eigenvalue weighted by Gasteiger charge is 2.14. The van der Waals surface area contributed by atoms with Gasteiger partial charge in [-0.2, -0.15) is 0 Å². The van der Waals surface area contributed by atoms with Gasteiger partial charge in [-0.3, -0.25) is 14.7 Å². The second-order valence-corrected chi connectivity index (χ2v) is 7.50. The summed E-state index contributed by atoms with van der Waals surface area (Å²) in [5, 5.41) is 0. The standard InChI is InChI=1S/C24H31N3O3/c1-20-4-6-23(29-2)22(18-20)5-7-24(28)27(19-21-8-10-25-11-9-21)13-3-12-26-14-16-30-17-15-26/h4-11,18H,3,12-17,19H2,1-2H3/b7-5+. The van der Waals surface area contributed by atoms with Gasteiger partial charge in [0.15, 0.2) is 0 Å². The molecule has 1 saturated heterocycles.